The smallest absolute Gasteiger partial charge is 0.337 e. The zero-order valence-corrected chi connectivity index (χ0v) is 26.2. The molecule has 3 fully saturated rings. The summed E-state index contributed by atoms with van der Waals surface area (Å²) >= 11 is 0. The number of esters is 1. The minimum atomic E-state index is -0.996. The van der Waals surface area contributed by atoms with Gasteiger partial charge in [-0.25, -0.2) is 4.79 Å². The van der Waals surface area contributed by atoms with Crippen LogP contribution in [0.5, 0.6) is 0 Å². The van der Waals surface area contributed by atoms with Crippen LogP contribution in [0.3, 0.4) is 0 Å². The predicted octanol–water partition coefficient (Wildman–Crippen LogP) is 8.11. The molecule has 1 aliphatic heterocycles. The largest absolute Gasteiger partial charge is 0.457 e. The zero-order valence-electron chi connectivity index (χ0n) is 26.2. The summed E-state index contributed by atoms with van der Waals surface area (Å²) in [5.41, 5.74) is 2.49. The van der Waals surface area contributed by atoms with E-state index in [9.17, 15) is 9.90 Å². The lowest BCUT2D eigenvalue weighted by Gasteiger charge is -2.58. The van der Waals surface area contributed by atoms with Crippen LogP contribution in [0.2, 0.25) is 0 Å². The molecule has 5 rings (SSSR count). The normalized spacial score (nSPS) is 39.3. The number of fused-ring (bicyclic) bond motifs is 5. The van der Waals surface area contributed by atoms with Gasteiger partial charge in [-0.2, -0.15) is 0 Å². The van der Waals surface area contributed by atoms with Crippen molar-refractivity contribution >= 4 is 5.97 Å². The van der Waals surface area contributed by atoms with E-state index in [2.05, 4.69) is 33.8 Å². The summed E-state index contributed by atoms with van der Waals surface area (Å²) in [6.45, 7) is 13.6. The quantitative estimate of drug-likeness (QED) is 0.167. The molecular formula is C35H56O5. The topological polar surface area (TPSA) is 65.0 Å². The molecule has 0 saturated heterocycles. The van der Waals surface area contributed by atoms with Crippen LogP contribution in [0.25, 0.3) is 0 Å². The number of cyclic esters (lactones) is 1. The molecule has 1 N–H and O–H groups in total. The highest BCUT2D eigenvalue weighted by Gasteiger charge is 2.58. The van der Waals surface area contributed by atoms with E-state index in [-0.39, 0.29) is 19.1 Å². The number of hydrogen-bond acceptors (Lipinski definition) is 5. The van der Waals surface area contributed by atoms with Crippen LogP contribution in [-0.4, -0.2) is 35.7 Å². The fourth-order valence-corrected chi connectivity index (χ4v) is 9.70. The molecule has 3 saturated carbocycles. The second-order valence-corrected chi connectivity index (χ2v) is 15.3. The highest BCUT2D eigenvalue weighted by atomic mass is 16.7. The van der Waals surface area contributed by atoms with Crippen molar-refractivity contribution in [2.24, 2.45) is 40.4 Å². The SMILES string of the molecule is CC(C)CCCC[C@H]1CCC2C3CC=C4CC(OCC(O)CC5=CC(=O)OC(C)(C)O5)CCC4(C)C3CCC21C. The van der Waals surface area contributed by atoms with E-state index in [1.54, 1.807) is 19.4 Å². The maximum Gasteiger partial charge on any atom is 0.337 e. The van der Waals surface area contributed by atoms with Crippen molar-refractivity contribution in [2.75, 3.05) is 6.61 Å². The van der Waals surface area contributed by atoms with Gasteiger partial charge in [-0.1, -0.05) is 58.6 Å². The van der Waals surface area contributed by atoms with Gasteiger partial charge in [0.1, 0.15) is 5.76 Å². The van der Waals surface area contributed by atoms with E-state index in [1.807, 2.05) is 0 Å². The van der Waals surface area contributed by atoms with Crippen molar-refractivity contribution in [1.82, 2.24) is 0 Å². The lowest BCUT2D eigenvalue weighted by Crippen LogP contribution is -2.50. The molecule has 5 aliphatic rings. The van der Waals surface area contributed by atoms with Crippen LogP contribution in [-0.2, 0) is 19.0 Å². The van der Waals surface area contributed by atoms with Gasteiger partial charge in [-0.05, 0) is 98.2 Å². The second kappa shape index (κ2) is 11.7. The van der Waals surface area contributed by atoms with Gasteiger partial charge in [-0.15, -0.1) is 0 Å². The molecule has 0 aromatic heterocycles. The van der Waals surface area contributed by atoms with Crippen molar-refractivity contribution in [1.29, 1.82) is 0 Å². The molecule has 0 aromatic carbocycles. The summed E-state index contributed by atoms with van der Waals surface area (Å²) in [7, 11) is 0. The third-order valence-corrected chi connectivity index (χ3v) is 11.8. The van der Waals surface area contributed by atoms with Gasteiger partial charge in [0.05, 0.1) is 24.9 Å². The van der Waals surface area contributed by atoms with Crippen LogP contribution in [0.15, 0.2) is 23.5 Å². The van der Waals surface area contributed by atoms with Crippen molar-refractivity contribution < 1.29 is 24.1 Å². The second-order valence-electron chi connectivity index (χ2n) is 15.3. The maximum absolute atomic E-state index is 11.8. The van der Waals surface area contributed by atoms with Crippen LogP contribution in [0.1, 0.15) is 125 Å². The number of allylic oxidation sites excluding steroid dienone is 1. The standard InChI is InChI=1S/C35H56O5/c1-23(2)9-7-8-10-24-12-14-30-29-13-11-25-19-27(15-17-35(25,6)31(29)16-18-34(24,30)5)38-22-26(36)20-28-21-32(37)40-33(3,4)39-28/h11,21,23-24,26-27,29-31,36H,7-10,12-20,22H2,1-6H3/t24-,26?,27?,29?,30?,31?,34?,35?/m0/s1. The van der Waals surface area contributed by atoms with E-state index in [0.29, 0.717) is 16.6 Å². The summed E-state index contributed by atoms with van der Waals surface area (Å²) in [6, 6.07) is 0. The molecule has 1 heterocycles. The average Bonchev–Trinajstić information content (AvgIpc) is 3.20. The van der Waals surface area contributed by atoms with Gasteiger partial charge in [-0.3, -0.25) is 0 Å². The molecule has 0 radical (unpaired) electrons. The van der Waals surface area contributed by atoms with Crippen LogP contribution >= 0.6 is 0 Å². The van der Waals surface area contributed by atoms with Crippen LogP contribution in [0, 0.1) is 40.4 Å². The van der Waals surface area contributed by atoms with Crippen molar-refractivity contribution in [3.8, 4) is 0 Å². The first-order valence-electron chi connectivity index (χ1n) is 16.5. The molecule has 4 aliphatic carbocycles. The number of aliphatic hydroxyl groups excluding tert-OH is 1. The zero-order chi connectivity index (χ0) is 28.7. The van der Waals surface area contributed by atoms with Gasteiger partial charge in [0, 0.05) is 20.3 Å². The van der Waals surface area contributed by atoms with E-state index in [0.717, 1.165) is 42.4 Å². The molecule has 5 nitrogen and oxygen atoms in total. The number of aliphatic hydroxyl groups is 1. The molecule has 0 amide bonds. The molecule has 8 atom stereocenters. The monoisotopic (exact) mass is 556 g/mol. The van der Waals surface area contributed by atoms with Gasteiger partial charge in [0.15, 0.2) is 0 Å². The lowest BCUT2D eigenvalue weighted by atomic mass is 9.47. The Balaban J connectivity index is 1.15. The third kappa shape index (κ3) is 6.21. The lowest BCUT2D eigenvalue weighted by molar-refractivity contribution is -0.207. The van der Waals surface area contributed by atoms with E-state index < -0.39 is 17.9 Å². The first-order chi connectivity index (χ1) is 18.9. The Morgan fingerprint density at radius 2 is 1.82 bits per heavy atom. The fourth-order valence-electron chi connectivity index (χ4n) is 9.70. The number of carbonyl (C=O) groups excluding carboxylic acids is 1. The van der Waals surface area contributed by atoms with Crippen LogP contribution in [0.4, 0.5) is 0 Å². The van der Waals surface area contributed by atoms with E-state index in [4.69, 9.17) is 14.2 Å². The minimum absolute atomic E-state index is 0.156. The third-order valence-electron chi connectivity index (χ3n) is 11.8. The molecule has 0 bridgehead atoms. The van der Waals surface area contributed by atoms with Crippen molar-refractivity contribution in [2.45, 2.75) is 143 Å². The Kier molecular flexibility index (Phi) is 8.85. The summed E-state index contributed by atoms with van der Waals surface area (Å²) < 4.78 is 17.1. The molecule has 0 spiro atoms. The van der Waals surface area contributed by atoms with Gasteiger partial charge >= 0.3 is 5.97 Å². The summed E-state index contributed by atoms with van der Waals surface area (Å²) in [4.78, 5) is 11.8. The Labute approximate surface area is 243 Å². The number of ether oxygens (including phenoxy) is 3. The predicted molar refractivity (Wildman–Crippen MR) is 158 cm³/mol. The molecule has 40 heavy (non-hydrogen) atoms. The number of rotatable bonds is 10. The minimum Gasteiger partial charge on any atom is -0.457 e. The van der Waals surface area contributed by atoms with Crippen molar-refractivity contribution in [3.05, 3.63) is 23.5 Å². The first kappa shape index (κ1) is 30.1. The maximum atomic E-state index is 11.8. The van der Waals surface area contributed by atoms with Gasteiger partial charge in [0.25, 0.3) is 0 Å². The van der Waals surface area contributed by atoms with Crippen molar-refractivity contribution in [3.63, 3.8) is 0 Å². The summed E-state index contributed by atoms with van der Waals surface area (Å²) in [5.74, 6) is 3.38. The molecule has 5 heteroatoms. The van der Waals surface area contributed by atoms with E-state index >= 15 is 0 Å². The molecule has 7 unspecified atom stereocenters. The van der Waals surface area contributed by atoms with Gasteiger partial charge in [0.2, 0.25) is 5.79 Å². The summed E-state index contributed by atoms with van der Waals surface area (Å²) in [6.07, 6.45) is 19.5. The number of unbranched alkanes of at least 4 members (excludes halogenated alkanes) is 1. The molecule has 226 valence electrons. The van der Waals surface area contributed by atoms with Crippen LogP contribution < -0.4 is 0 Å². The Hall–Kier alpha value is -1.33. The molecule has 0 aromatic rings. The molecular weight excluding hydrogens is 500 g/mol. The fraction of sp³-hybridized carbons (Fsp3) is 0.857. The summed E-state index contributed by atoms with van der Waals surface area (Å²) in [5, 5.41) is 10.6. The number of carbonyl (C=O) groups is 1. The highest BCUT2D eigenvalue weighted by Crippen LogP contribution is 2.66. The van der Waals surface area contributed by atoms with Gasteiger partial charge < -0.3 is 19.3 Å². The Morgan fingerprint density at radius 1 is 1.02 bits per heavy atom. The highest BCUT2D eigenvalue weighted by molar-refractivity contribution is 5.83. The Morgan fingerprint density at radius 3 is 2.58 bits per heavy atom. The van der Waals surface area contributed by atoms with E-state index in [1.165, 1.54) is 70.3 Å². The Bertz CT molecular complexity index is 980. The number of hydrogen-bond donors (Lipinski definition) is 1. The average molecular weight is 557 g/mol. The first-order valence-corrected chi connectivity index (χ1v) is 16.5.